The summed E-state index contributed by atoms with van der Waals surface area (Å²) < 4.78 is 0. The average molecular weight is 181 g/mol. The Morgan fingerprint density at radius 3 is 2.25 bits per heavy atom. The molecule has 64 valence electrons. The first-order chi connectivity index (χ1) is 5.61. The molecule has 0 aromatic heterocycles. The van der Waals surface area contributed by atoms with Crippen molar-refractivity contribution in [2.75, 3.05) is 0 Å². The fraction of sp³-hybridized carbons (Fsp3) is 0.222. The lowest BCUT2D eigenvalue weighted by molar-refractivity contribution is 0.100. The van der Waals surface area contributed by atoms with Gasteiger partial charge in [0.2, 0.25) is 5.91 Å². The van der Waals surface area contributed by atoms with Crippen molar-refractivity contribution in [3.8, 4) is 0 Å². The monoisotopic (exact) mass is 181 g/mol. The SMILES string of the molecule is CC(S)c1ccc(C(N)=O)cc1. The zero-order valence-corrected chi connectivity index (χ0v) is 7.71. The van der Waals surface area contributed by atoms with Gasteiger partial charge in [-0.2, -0.15) is 12.6 Å². The highest BCUT2D eigenvalue weighted by molar-refractivity contribution is 7.80. The van der Waals surface area contributed by atoms with Gasteiger partial charge in [-0.1, -0.05) is 12.1 Å². The minimum absolute atomic E-state index is 0.187. The number of hydrogen-bond acceptors (Lipinski definition) is 2. The fourth-order valence-electron chi connectivity index (χ4n) is 0.926. The van der Waals surface area contributed by atoms with Crippen molar-refractivity contribution >= 4 is 18.5 Å². The highest BCUT2D eigenvalue weighted by Gasteiger charge is 2.01. The van der Waals surface area contributed by atoms with Gasteiger partial charge in [-0.15, -0.1) is 0 Å². The third-order valence-corrected chi connectivity index (χ3v) is 1.98. The Kier molecular flexibility index (Phi) is 2.76. The van der Waals surface area contributed by atoms with Crippen LogP contribution in [0.1, 0.15) is 28.1 Å². The van der Waals surface area contributed by atoms with Crippen molar-refractivity contribution in [3.63, 3.8) is 0 Å². The van der Waals surface area contributed by atoms with E-state index in [1.54, 1.807) is 12.1 Å². The van der Waals surface area contributed by atoms with E-state index in [-0.39, 0.29) is 5.25 Å². The van der Waals surface area contributed by atoms with E-state index < -0.39 is 5.91 Å². The van der Waals surface area contributed by atoms with Gasteiger partial charge >= 0.3 is 0 Å². The number of nitrogens with two attached hydrogens (primary N) is 1. The molecule has 0 aliphatic rings. The molecule has 0 fully saturated rings. The number of thiol groups is 1. The molecule has 0 aliphatic carbocycles. The molecule has 0 spiro atoms. The summed E-state index contributed by atoms with van der Waals surface area (Å²) in [6.45, 7) is 1.97. The summed E-state index contributed by atoms with van der Waals surface area (Å²) in [5.41, 5.74) is 6.70. The van der Waals surface area contributed by atoms with Crippen molar-refractivity contribution in [1.29, 1.82) is 0 Å². The van der Waals surface area contributed by atoms with E-state index in [2.05, 4.69) is 12.6 Å². The first-order valence-electron chi connectivity index (χ1n) is 3.69. The number of carbonyl (C=O) groups is 1. The number of hydrogen-bond donors (Lipinski definition) is 2. The second-order valence-corrected chi connectivity index (χ2v) is 3.44. The van der Waals surface area contributed by atoms with Crippen LogP contribution >= 0.6 is 12.6 Å². The van der Waals surface area contributed by atoms with Crippen LogP contribution in [0.4, 0.5) is 0 Å². The summed E-state index contributed by atoms with van der Waals surface area (Å²) in [7, 11) is 0. The van der Waals surface area contributed by atoms with Gasteiger partial charge in [0.25, 0.3) is 0 Å². The Balaban J connectivity index is 2.93. The van der Waals surface area contributed by atoms with Gasteiger partial charge in [0.1, 0.15) is 0 Å². The van der Waals surface area contributed by atoms with Crippen LogP contribution in [0.25, 0.3) is 0 Å². The molecule has 1 rings (SSSR count). The quantitative estimate of drug-likeness (QED) is 0.671. The van der Waals surface area contributed by atoms with Gasteiger partial charge in [0.15, 0.2) is 0 Å². The van der Waals surface area contributed by atoms with Crippen LogP contribution in [0.2, 0.25) is 0 Å². The summed E-state index contributed by atoms with van der Waals surface area (Å²) in [6, 6.07) is 7.14. The minimum atomic E-state index is -0.395. The van der Waals surface area contributed by atoms with Crippen LogP contribution in [0.5, 0.6) is 0 Å². The molecular formula is C9H11NOS. The zero-order chi connectivity index (χ0) is 9.14. The highest BCUT2D eigenvalue weighted by atomic mass is 32.1. The zero-order valence-electron chi connectivity index (χ0n) is 6.82. The van der Waals surface area contributed by atoms with E-state index in [1.165, 1.54) is 0 Å². The topological polar surface area (TPSA) is 43.1 Å². The maximum atomic E-state index is 10.7. The second kappa shape index (κ2) is 3.63. The Morgan fingerprint density at radius 2 is 1.92 bits per heavy atom. The molecule has 1 aromatic rings. The Hall–Kier alpha value is -0.960. The van der Waals surface area contributed by atoms with Gasteiger partial charge in [0.05, 0.1) is 0 Å². The summed E-state index contributed by atoms with van der Waals surface area (Å²) in [5, 5.41) is 0.187. The summed E-state index contributed by atoms with van der Waals surface area (Å²) >= 11 is 4.26. The molecular weight excluding hydrogens is 170 g/mol. The van der Waals surface area contributed by atoms with Crippen molar-refractivity contribution in [1.82, 2.24) is 0 Å². The molecule has 0 heterocycles. The van der Waals surface area contributed by atoms with Crippen molar-refractivity contribution in [3.05, 3.63) is 35.4 Å². The first-order valence-corrected chi connectivity index (χ1v) is 4.20. The first kappa shape index (κ1) is 9.13. The van der Waals surface area contributed by atoms with Crippen LogP contribution in [0.15, 0.2) is 24.3 Å². The number of primary amides is 1. The largest absolute Gasteiger partial charge is 0.366 e. The summed E-state index contributed by atoms with van der Waals surface area (Å²) in [6.07, 6.45) is 0. The summed E-state index contributed by atoms with van der Waals surface area (Å²) in [4.78, 5) is 10.7. The average Bonchev–Trinajstić information content (AvgIpc) is 2.04. The standard InChI is InChI=1S/C9H11NOS/c1-6(12)7-2-4-8(5-3-7)9(10)11/h2-6,12H,1H3,(H2,10,11). The predicted octanol–water partition coefficient (Wildman–Crippen LogP) is 1.78. The Bertz CT molecular complexity index is 279. The minimum Gasteiger partial charge on any atom is -0.366 e. The molecule has 0 aliphatic heterocycles. The van der Waals surface area contributed by atoms with E-state index in [4.69, 9.17) is 5.73 Å². The second-order valence-electron chi connectivity index (χ2n) is 2.66. The molecule has 0 saturated carbocycles. The van der Waals surface area contributed by atoms with Crippen LogP contribution in [0.3, 0.4) is 0 Å². The van der Waals surface area contributed by atoms with E-state index in [0.717, 1.165) is 5.56 Å². The van der Waals surface area contributed by atoms with Gasteiger partial charge in [-0.3, -0.25) is 4.79 Å². The lowest BCUT2D eigenvalue weighted by Crippen LogP contribution is -2.10. The predicted molar refractivity (Wildman–Crippen MR) is 52.4 cm³/mol. The molecule has 2 N–H and O–H groups in total. The molecule has 0 radical (unpaired) electrons. The third kappa shape index (κ3) is 2.01. The molecule has 2 nitrogen and oxygen atoms in total. The maximum Gasteiger partial charge on any atom is 0.248 e. The van der Waals surface area contributed by atoms with Crippen molar-refractivity contribution < 1.29 is 4.79 Å². The Morgan fingerprint density at radius 1 is 1.42 bits per heavy atom. The number of benzene rings is 1. The molecule has 1 aromatic carbocycles. The third-order valence-electron chi connectivity index (χ3n) is 1.68. The summed E-state index contributed by atoms with van der Waals surface area (Å²) in [5.74, 6) is -0.395. The normalized spacial score (nSPS) is 12.5. The van der Waals surface area contributed by atoms with Crippen LogP contribution < -0.4 is 5.73 Å². The maximum absolute atomic E-state index is 10.7. The van der Waals surface area contributed by atoms with Crippen LogP contribution in [-0.4, -0.2) is 5.91 Å². The number of amides is 1. The molecule has 0 saturated heterocycles. The van der Waals surface area contributed by atoms with E-state index in [1.807, 2.05) is 19.1 Å². The van der Waals surface area contributed by atoms with Gasteiger partial charge in [-0.05, 0) is 24.6 Å². The smallest absolute Gasteiger partial charge is 0.248 e. The van der Waals surface area contributed by atoms with E-state index >= 15 is 0 Å². The Labute approximate surface area is 77.2 Å². The van der Waals surface area contributed by atoms with Crippen LogP contribution in [0, 0.1) is 0 Å². The van der Waals surface area contributed by atoms with Gasteiger partial charge < -0.3 is 5.73 Å². The highest BCUT2D eigenvalue weighted by Crippen LogP contribution is 2.18. The van der Waals surface area contributed by atoms with E-state index in [9.17, 15) is 4.79 Å². The van der Waals surface area contributed by atoms with Crippen molar-refractivity contribution in [2.45, 2.75) is 12.2 Å². The molecule has 1 amide bonds. The molecule has 1 unspecified atom stereocenters. The molecule has 3 heteroatoms. The van der Waals surface area contributed by atoms with Crippen molar-refractivity contribution in [2.24, 2.45) is 5.73 Å². The van der Waals surface area contributed by atoms with Gasteiger partial charge in [-0.25, -0.2) is 0 Å². The number of rotatable bonds is 2. The fourth-order valence-corrected chi connectivity index (χ4v) is 1.10. The lowest BCUT2D eigenvalue weighted by atomic mass is 10.1. The van der Waals surface area contributed by atoms with Gasteiger partial charge in [0, 0.05) is 10.8 Å². The lowest BCUT2D eigenvalue weighted by Gasteiger charge is -2.03. The number of carbonyl (C=O) groups excluding carboxylic acids is 1. The molecule has 1 atom stereocenters. The van der Waals surface area contributed by atoms with E-state index in [0.29, 0.717) is 5.56 Å². The molecule has 12 heavy (non-hydrogen) atoms. The molecule has 0 bridgehead atoms. The van der Waals surface area contributed by atoms with Crippen LogP contribution in [-0.2, 0) is 0 Å².